The van der Waals surface area contributed by atoms with Gasteiger partial charge in [-0.25, -0.2) is 9.78 Å². The molecule has 0 spiro atoms. The van der Waals surface area contributed by atoms with Gasteiger partial charge in [-0.2, -0.15) is 10.2 Å². The fourth-order valence-electron chi connectivity index (χ4n) is 3.59. The fourth-order valence-corrected chi connectivity index (χ4v) is 3.59. The summed E-state index contributed by atoms with van der Waals surface area (Å²) in [7, 11) is 0. The van der Waals surface area contributed by atoms with E-state index in [0.717, 1.165) is 11.1 Å². The molecular formula is C23H15N5O3. The van der Waals surface area contributed by atoms with E-state index in [1.807, 2.05) is 60.7 Å². The number of aromatic nitrogens is 4. The van der Waals surface area contributed by atoms with Crippen LogP contribution in [-0.2, 0) is 0 Å². The third-order valence-electron chi connectivity index (χ3n) is 5.01. The van der Waals surface area contributed by atoms with Gasteiger partial charge in [0.25, 0.3) is 11.2 Å². The number of hydrogen-bond acceptors (Lipinski definition) is 5. The van der Waals surface area contributed by atoms with Gasteiger partial charge in [-0.1, -0.05) is 60.7 Å². The van der Waals surface area contributed by atoms with Gasteiger partial charge in [0, 0.05) is 23.3 Å². The van der Waals surface area contributed by atoms with Crippen molar-refractivity contribution in [3.63, 3.8) is 0 Å². The second-order valence-corrected chi connectivity index (χ2v) is 6.89. The smallest absolute Gasteiger partial charge is 0.265 e. The molecule has 0 aliphatic heterocycles. The van der Waals surface area contributed by atoms with Crippen molar-refractivity contribution in [2.24, 2.45) is 0 Å². The molecule has 0 aliphatic rings. The van der Waals surface area contributed by atoms with Crippen LogP contribution in [0.2, 0.25) is 0 Å². The second kappa shape index (κ2) is 7.34. The third kappa shape index (κ3) is 3.16. The number of rotatable bonds is 4. The molecular weight excluding hydrogens is 394 g/mol. The predicted molar refractivity (Wildman–Crippen MR) is 117 cm³/mol. The molecule has 0 unspecified atom stereocenters. The van der Waals surface area contributed by atoms with Crippen LogP contribution in [0.4, 0.5) is 5.69 Å². The van der Waals surface area contributed by atoms with Crippen molar-refractivity contribution in [1.82, 2.24) is 20.0 Å². The molecule has 0 fully saturated rings. The zero-order valence-electron chi connectivity index (χ0n) is 16.1. The van der Waals surface area contributed by atoms with Gasteiger partial charge in [0.15, 0.2) is 5.52 Å². The average Bonchev–Trinajstić information content (AvgIpc) is 3.22. The van der Waals surface area contributed by atoms with Gasteiger partial charge in [0.2, 0.25) is 0 Å². The normalized spacial score (nSPS) is 11.0. The van der Waals surface area contributed by atoms with Crippen LogP contribution in [0.25, 0.3) is 39.1 Å². The van der Waals surface area contributed by atoms with Crippen LogP contribution < -0.4 is 5.56 Å². The van der Waals surface area contributed by atoms with E-state index in [9.17, 15) is 14.9 Å². The fraction of sp³-hybridized carbons (Fsp3) is 0. The van der Waals surface area contributed by atoms with E-state index in [-0.39, 0.29) is 11.2 Å². The molecule has 8 heteroatoms. The Kier molecular flexibility index (Phi) is 4.37. The van der Waals surface area contributed by atoms with Gasteiger partial charge in [-0.05, 0) is 12.1 Å². The van der Waals surface area contributed by atoms with Crippen molar-refractivity contribution in [3.05, 3.63) is 105 Å². The van der Waals surface area contributed by atoms with Crippen molar-refractivity contribution in [3.8, 4) is 28.2 Å². The first-order valence-corrected chi connectivity index (χ1v) is 9.50. The highest BCUT2D eigenvalue weighted by molar-refractivity contribution is 6.02. The Labute approximate surface area is 175 Å². The first-order valence-electron chi connectivity index (χ1n) is 9.50. The van der Waals surface area contributed by atoms with Gasteiger partial charge in [0.05, 0.1) is 21.7 Å². The summed E-state index contributed by atoms with van der Waals surface area (Å²) >= 11 is 0. The Morgan fingerprint density at radius 3 is 2.06 bits per heavy atom. The zero-order valence-corrected chi connectivity index (χ0v) is 16.1. The molecule has 3 aromatic carbocycles. The van der Waals surface area contributed by atoms with Crippen LogP contribution in [0.1, 0.15) is 0 Å². The summed E-state index contributed by atoms with van der Waals surface area (Å²) in [5, 5.41) is 23.1. The molecule has 2 heterocycles. The molecule has 5 rings (SSSR count). The topological polar surface area (TPSA) is 107 Å². The van der Waals surface area contributed by atoms with E-state index >= 15 is 0 Å². The summed E-state index contributed by atoms with van der Waals surface area (Å²) < 4.78 is 1.63. The number of nitro groups is 1. The third-order valence-corrected chi connectivity index (χ3v) is 5.01. The number of H-pyrrole nitrogens is 1. The minimum absolute atomic E-state index is 0.0220. The number of nitrogens with one attached hydrogen (secondary N) is 1. The summed E-state index contributed by atoms with van der Waals surface area (Å²) in [4.78, 5) is 23.2. The van der Waals surface area contributed by atoms with Gasteiger partial charge in [-0.3, -0.25) is 14.9 Å². The Hall–Kier alpha value is -4.59. The number of benzene rings is 3. The van der Waals surface area contributed by atoms with E-state index in [4.69, 9.17) is 0 Å². The molecule has 0 atom stereocenters. The maximum Gasteiger partial charge on any atom is 0.292 e. The lowest BCUT2D eigenvalue weighted by Crippen LogP contribution is -2.09. The molecule has 150 valence electrons. The standard InChI is InChI=1S/C23H15N5O3/c29-23-21-19(20(24-25-23)15-7-3-1-4-8-15)22(16-9-5-2-6-10-16)27(26-21)17-11-13-18(14-12-17)28(30)31/h1-14H,(H,25,29). The number of fused-ring (bicyclic) bond motifs is 1. The lowest BCUT2D eigenvalue weighted by atomic mass is 10.0. The van der Waals surface area contributed by atoms with Crippen LogP contribution in [0.3, 0.4) is 0 Å². The van der Waals surface area contributed by atoms with Gasteiger partial charge < -0.3 is 0 Å². The monoisotopic (exact) mass is 409 g/mol. The number of non-ortho nitro benzene ring substituents is 1. The Morgan fingerprint density at radius 1 is 0.839 bits per heavy atom. The molecule has 1 N–H and O–H groups in total. The van der Waals surface area contributed by atoms with Crippen LogP contribution >= 0.6 is 0 Å². The van der Waals surface area contributed by atoms with Crippen molar-refractivity contribution in [2.45, 2.75) is 0 Å². The van der Waals surface area contributed by atoms with Crippen molar-refractivity contribution >= 4 is 16.6 Å². The van der Waals surface area contributed by atoms with E-state index < -0.39 is 10.5 Å². The summed E-state index contributed by atoms with van der Waals surface area (Å²) in [5.74, 6) is 0. The molecule has 2 aromatic heterocycles. The largest absolute Gasteiger partial charge is 0.292 e. The molecule has 0 radical (unpaired) electrons. The van der Waals surface area contributed by atoms with Crippen molar-refractivity contribution in [2.75, 3.05) is 0 Å². The van der Waals surface area contributed by atoms with Crippen LogP contribution in [-0.4, -0.2) is 24.9 Å². The molecule has 8 nitrogen and oxygen atoms in total. The first kappa shape index (κ1) is 18.4. The predicted octanol–water partition coefficient (Wildman–Crippen LogP) is 4.35. The molecule has 0 bridgehead atoms. The highest BCUT2D eigenvalue weighted by atomic mass is 16.6. The number of nitrogens with zero attached hydrogens (tertiary/aromatic N) is 4. The van der Waals surface area contributed by atoms with Gasteiger partial charge in [0.1, 0.15) is 5.69 Å². The maximum atomic E-state index is 12.7. The summed E-state index contributed by atoms with van der Waals surface area (Å²) in [6.07, 6.45) is 0. The SMILES string of the molecule is O=c1[nH]nc(-c2ccccc2)c2c(-c3ccccc3)n(-c3ccc([N+](=O)[O-])cc3)nc12. The van der Waals surface area contributed by atoms with Crippen LogP contribution in [0.15, 0.2) is 89.7 Å². The quantitative estimate of drug-likeness (QED) is 0.351. The molecule has 31 heavy (non-hydrogen) atoms. The van der Waals surface area contributed by atoms with Gasteiger partial charge in [-0.15, -0.1) is 0 Å². The van der Waals surface area contributed by atoms with Crippen LogP contribution in [0.5, 0.6) is 0 Å². The second-order valence-electron chi connectivity index (χ2n) is 6.89. The summed E-state index contributed by atoms with van der Waals surface area (Å²) in [6, 6.07) is 25.1. The summed E-state index contributed by atoms with van der Waals surface area (Å²) in [6.45, 7) is 0. The Balaban J connectivity index is 1.87. The van der Waals surface area contributed by atoms with Gasteiger partial charge >= 0.3 is 0 Å². The molecule has 5 aromatic rings. The first-order chi connectivity index (χ1) is 15.1. The summed E-state index contributed by atoms with van der Waals surface area (Å²) in [5.41, 5.74) is 3.37. The van der Waals surface area contributed by atoms with E-state index in [1.165, 1.54) is 12.1 Å². The number of aromatic amines is 1. The van der Waals surface area contributed by atoms with E-state index in [2.05, 4.69) is 15.3 Å². The van der Waals surface area contributed by atoms with Crippen molar-refractivity contribution < 1.29 is 4.92 Å². The zero-order chi connectivity index (χ0) is 21.4. The van der Waals surface area contributed by atoms with Crippen molar-refractivity contribution in [1.29, 1.82) is 0 Å². The molecule has 0 aliphatic carbocycles. The van der Waals surface area contributed by atoms with E-state index in [0.29, 0.717) is 22.5 Å². The lowest BCUT2D eigenvalue weighted by Gasteiger charge is -2.09. The number of hydrogen-bond donors (Lipinski definition) is 1. The highest BCUT2D eigenvalue weighted by Gasteiger charge is 2.22. The Bertz CT molecular complexity index is 1460. The minimum Gasteiger partial charge on any atom is -0.265 e. The number of nitro benzene ring substituents is 1. The minimum atomic E-state index is -0.455. The molecule has 0 saturated carbocycles. The van der Waals surface area contributed by atoms with E-state index in [1.54, 1.807) is 16.8 Å². The average molecular weight is 409 g/mol. The lowest BCUT2D eigenvalue weighted by molar-refractivity contribution is -0.384. The molecule has 0 saturated heterocycles. The molecule has 0 amide bonds. The Morgan fingerprint density at radius 2 is 1.45 bits per heavy atom. The van der Waals surface area contributed by atoms with Crippen LogP contribution in [0, 0.1) is 10.1 Å². The maximum absolute atomic E-state index is 12.7. The highest BCUT2D eigenvalue weighted by Crippen LogP contribution is 2.35.